The predicted octanol–water partition coefficient (Wildman–Crippen LogP) is 4.91. The number of rotatable bonds is 8. The molecule has 0 atom stereocenters. The van der Waals surface area contributed by atoms with Crippen molar-refractivity contribution in [3.8, 4) is 11.3 Å². The van der Waals surface area contributed by atoms with Crippen molar-refractivity contribution in [3.63, 3.8) is 0 Å². The minimum absolute atomic E-state index is 0.151. The molecule has 0 bridgehead atoms. The number of pyridine rings is 1. The van der Waals surface area contributed by atoms with Gasteiger partial charge in [-0.05, 0) is 58.5 Å². The van der Waals surface area contributed by atoms with Crippen molar-refractivity contribution in [1.29, 1.82) is 0 Å². The lowest BCUT2D eigenvalue weighted by atomic mass is 9.94. The number of nitrogens with one attached hydrogen (secondary N) is 1. The molecule has 34 heavy (non-hydrogen) atoms. The first-order chi connectivity index (χ1) is 16.2. The van der Waals surface area contributed by atoms with E-state index in [0.29, 0.717) is 19.1 Å². The molecule has 2 aliphatic rings. The minimum Gasteiger partial charge on any atom is -0.371 e. The Kier molecular flexibility index (Phi) is 7.38. The molecule has 0 saturated carbocycles. The molecular weight excluding hydrogens is 439 g/mol. The van der Waals surface area contributed by atoms with E-state index in [-0.39, 0.29) is 12.8 Å². The third kappa shape index (κ3) is 5.33. The smallest absolute Gasteiger partial charge is 0.371 e. The molecule has 2 aliphatic heterocycles. The second-order valence-corrected chi connectivity index (χ2v) is 9.90. The van der Waals surface area contributed by atoms with Crippen LogP contribution in [0.15, 0.2) is 30.3 Å². The molecule has 186 valence electrons. The second-order valence-electron chi connectivity index (χ2n) is 9.90. The van der Waals surface area contributed by atoms with Gasteiger partial charge in [-0.25, -0.2) is 4.98 Å². The number of nitrogens with zero attached hydrogens (tertiary/aromatic N) is 4. The highest BCUT2D eigenvalue weighted by Gasteiger charge is 2.42. The molecule has 2 aromatic rings. The van der Waals surface area contributed by atoms with Crippen LogP contribution in [-0.2, 0) is 13.1 Å². The molecule has 0 aliphatic carbocycles. The van der Waals surface area contributed by atoms with Gasteiger partial charge in [-0.15, -0.1) is 0 Å². The average molecular weight is 476 g/mol. The molecular formula is C26H36F3N5. The third-order valence-electron chi connectivity index (χ3n) is 7.02. The lowest BCUT2D eigenvalue weighted by Gasteiger charge is -2.43. The number of benzene rings is 1. The van der Waals surface area contributed by atoms with Gasteiger partial charge in [-0.2, -0.15) is 13.2 Å². The van der Waals surface area contributed by atoms with Gasteiger partial charge in [-0.3, -0.25) is 0 Å². The van der Waals surface area contributed by atoms with E-state index in [1.165, 1.54) is 5.56 Å². The molecule has 8 heteroatoms. The maximum absolute atomic E-state index is 13.2. The van der Waals surface area contributed by atoms with Crippen LogP contribution in [0.25, 0.3) is 11.3 Å². The van der Waals surface area contributed by atoms with Gasteiger partial charge in [-0.1, -0.05) is 18.2 Å². The van der Waals surface area contributed by atoms with Gasteiger partial charge in [0, 0.05) is 55.6 Å². The molecule has 1 aromatic carbocycles. The number of aromatic nitrogens is 1. The zero-order valence-electron chi connectivity index (χ0n) is 20.6. The SMILES string of the molecule is CNCCN(C)Cc1cccc(-c2cc(N3CCC(C(F)(F)F)CC3)c3c(n2)N(C(C)C)C3)c1. The first-order valence-corrected chi connectivity index (χ1v) is 12.2. The molecule has 1 N–H and O–H groups in total. The topological polar surface area (TPSA) is 34.6 Å². The van der Waals surface area contributed by atoms with Crippen LogP contribution in [0.5, 0.6) is 0 Å². The maximum atomic E-state index is 13.2. The maximum Gasteiger partial charge on any atom is 0.391 e. The van der Waals surface area contributed by atoms with Gasteiger partial charge in [0.1, 0.15) is 5.82 Å². The number of piperidine rings is 1. The first kappa shape index (κ1) is 24.8. The van der Waals surface area contributed by atoms with Gasteiger partial charge in [0.05, 0.1) is 18.2 Å². The Balaban J connectivity index is 1.61. The summed E-state index contributed by atoms with van der Waals surface area (Å²) in [7, 11) is 4.06. The van der Waals surface area contributed by atoms with Crippen LogP contribution in [0.3, 0.4) is 0 Å². The number of halogens is 3. The molecule has 1 saturated heterocycles. The highest BCUT2D eigenvalue weighted by Crippen LogP contribution is 2.44. The summed E-state index contributed by atoms with van der Waals surface area (Å²) < 4.78 is 39.6. The van der Waals surface area contributed by atoms with E-state index >= 15 is 0 Å². The normalized spacial score (nSPS) is 16.9. The fourth-order valence-corrected chi connectivity index (χ4v) is 4.92. The minimum atomic E-state index is -4.10. The van der Waals surface area contributed by atoms with Crippen LogP contribution in [0.1, 0.15) is 37.8 Å². The fraction of sp³-hybridized carbons (Fsp3) is 0.577. The van der Waals surface area contributed by atoms with Gasteiger partial charge in [0.2, 0.25) is 0 Å². The summed E-state index contributed by atoms with van der Waals surface area (Å²) in [5.41, 5.74) is 5.36. The van der Waals surface area contributed by atoms with Crippen molar-refractivity contribution in [2.75, 3.05) is 50.1 Å². The third-order valence-corrected chi connectivity index (χ3v) is 7.02. The summed E-state index contributed by atoms with van der Waals surface area (Å²) in [5, 5.41) is 3.18. The van der Waals surface area contributed by atoms with Gasteiger partial charge in [0.15, 0.2) is 0 Å². The fourth-order valence-electron chi connectivity index (χ4n) is 4.92. The van der Waals surface area contributed by atoms with E-state index in [1.807, 2.05) is 7.05 Å². The van der Waals surface area contributed by atoms with Crippen molar-refractivity contribution >= 4 is 11.5 Å². The van der Waals surface area contributed by atoms with E-state index in [9.17, 15) is 13.2 Å². The Morgan fingerprint density at radius 2 is 1.91 bits per heavy atom. The lowest BCUT2D eigenvalue weighted by Crippen LogP contribution is -2.43. The first-order valence-electron chi connectivity index (χ1n) is 12.2. The molecule has 0 spiro atoms. The highest BCUT2D eigenvalue weighted by molar-refractivity contribution is 5.78. The number of alkyl halides is 3. The predicted molar refractivity (Wildman–Crippen MR) is 132 cm³/mol. The Labute approximate surface area is 200 Å². The van der Waals surface area contributed by atoms with Gasteiger partial charge in [0.25, 0.3) is 0 Å². The number of likely N-dealkylation sites (N-methyl/N-ethyl adjacent to an activating group) is 2. The summed E-state index contributed by atoms with van der Waals surface area (Å²) in [6.07, 6.45) is -3.80. The van der Waals surface area contributed by atoms with E-state index in [2.05, 4.69) is 71.2 Å². The van der Waals surface area contributed by atoms with Crippen LogP contribution in [-0.4, -0.2) is 62.4 Å². The van der Waals surface area contributed by atoms with Crippen molar-refractivity contribution in [3.05, 3.63) is 41.5 Å². The van der Waals surface area contributed by atoms with Gasteiger partial charge < -0.3 is 20.0 Å². The molecule has 5 nitrogen and oxygen atoms in total. The molecule has 0 unspecified atom stereocenters. The van der Waals surface area contributed by atoms with Crippen molar-refractivity contribution in [1.82, 2.24) is 15.2 Å². The number of anilines is 2. The van der Waals surface area contributed by atoms with Crippen LogP contribution in [0, 0.1) is 5.92 Å². The summed E-state index contributed by atoms with van der Waals surface area (Å²) in [4.78, 5) is 11.7. The zero-order valence-corrected chi connectivity index (χ0v) is 20.6. The standard InChI is InChI=1S/C26H36F3N5/c1-18(2)34-17-22-24(33-11-8-21(9-12-33)26(27,28)29)15-23(31-25(22)34)20-7-5-6-19(14-20)16-32(4)13-10-30-3/h5-7,14-15,18,21,30H,8-13,16-17H2,1-4H3. The van der Waals surface area contributed by atoms with Crippen molar-refractivity contribution in [2.45, 2.75) is 52.0 Å². The Morgan fingerprint density at radius 3 is 2.56 bits per heavy atom. The molecule has 1 fully saturated rings. The average Bonchev–Trinajstić information content (AvgIpc) is 2.77. The summed E-state index contributed by atoms with van der Waals surface area (Å²) >= 11 is 0. The molecule has 4 rings (SSSR count). The lowest BCUT2D eigenvalue weighted by molar-refractivity contribution is -0.179. The molecule has 3 heterocycles. The number of hydrogen-bond donors (Lipinski definition) is 1. The number of hydrogen-bond acceptors (Lipinski definition) is 5. The van der Waals surface area contributed by atoms with Crippen LogP contribution in [0.2, 0.25) is 0 Å². The molecule has 0 radical (unpaired) electrons. The van der Waals surface area contributed by atoms with E-state index in [1.54, 1.807) is 0 Å². The van der Waals surface area contributed by atoms with E-state index in [4.69, 9.17) is 4.98 Å². The van der Waals surface area contributed by atoms with Gasteiger partial charge >= 0.3 is 6.18 Å². The largest absolute Gasteiger partial charge is 0.391 e. The molecule has 1 aromatic heterocycles. The highest BCUT2D eigenvalue weighted by atomic mass is 19.4. The Hall–Kier alpha value is -2.32. The zero-order chi connectivity index (χ0) is 24.5. The summed E-state index contributed by atoms with van der Waals surface area (Å²) in [6.45, 7) is 8.68. The van der Waals surface area contributed by atoms with Crippen LogP contribution in [0.4, 0.5) is 24.7 Å². The monoisotopic (exact) mass is 475 g/mol. The molecule has 0 amide bonds. The van der Waals surface area contributed by atoms with Crippen molar-refractivity contribution < 1.29 is 13.2 Å². The Morgan fingerprint density at radius 1 is 1.18 bits per heavy atom. The summed E-state index contributed by atoms with van der Waals surface area (Å²) in [6, 6.07) is 10.9. The van der Waals surface area contributed by atoms with E-state index in [0.717, 1.165) is 54.5 Å². The Bertz CT molecular complexity index is 983. The summed E-state index contributed by atoms with van der Waals surface area (Å²) in [5.74, 6) is -0.225. The second kappa shape index (κ2) is 10.1. The van der Waals surface area contributed by atoms with Crippen LogP contribution < -0.4 is 15.1 Å². The van der Waals surface area contributed by atoms with Crippen molar-refractivity contribution in [2.24, 2.45) is 5.92 Å². The van der Waals surface area contributed by atoms with Crippen LogP contribution >= 0.6 is 0 Å². The van der Waals surface area contributed by atoms with E-state index < -0.39 is 12.1 Å². The quantitative estimate of drug-likeness (QED) is 0.587. The number of fused-ring (bicyclic) bond motifs is 1.